The molecule has 0 unspecified atom stereocenters. The van der Waals surface area contributed by atoms with Crippen LogP contribution in [0.2, 0.25) is 0 Å². The van der Waals surface area contributed by atoms with E-state index in [1.54, 1.807) is 0 Å². The summed E-state index contributed by atoms with van der Waals surface area (Å²) in [4.78, 5) is 13.2. The van der Waals surface area contributed by atoms with Gasteiger partial charge in [0, 0.05) is 37.0 Å². The van der Waals surface area contributed by atoms with Crippen molar-refractivity contribution < 1.29 is 19.0 Å². The van der Waals surface area contributed by atoms with Crippen LogP contribution in [0.3, 0.4) is 0 Å². The van der Waals surface area contributed by atoms with Crippen molar-refractivity contribution in [1.82, 2.24) is 0 Å². The minimum absolute atomic E-state index is 0.0259. The Morgan fingerprint density at radius 2 is 1.84 bits per heavy atom. The second-order valence-corrected chi connectivity index (χ2v) is 10.7. The molecule has 2 saturated heterocycles. The van der Waals surface area contributed by atoms with Crippen LogP contribution in [-0.2, 0) is 27.5 Å². The first-order valence-electron chi connectivity index (χ1n) is 13.6. The number of carbonyl (C=O) groups is 1. The van der Waals surface area contributed by atoms with E-state index in [-0.39, 0.29) is 12.6 Å². The number of carbonyl (C=O) groups excluding carboxylic acids is 1. The molecule has 0 bridgehead atoms. The van der Waals surface area contributed by atoms with Crippen LogP contribution in [0.25, 0.3) is 11.1 Å². The highest BCUT2D eigenvalue weighted by molar-refractivity contribution is 5.70. The highest BCUT2D eigenvalue weighted by Gasteiger charge is 2.36. The molecule has 5 rings (SSSR count). The smallest absolute Gasteiger partial charge is 0.293 e. The molecule has 6 nitrogen and oxygen atoms in total. The molecule has 2 aliphatic rings. The van der Waals surface area contributed by atoms with Crippen LogP contribution in [0, 0.1) is 5.41 Å². The van der Waals surface area contributed by atoms with Gasteiger partial charge in [-0.15, -0.1) is 0 Å². The second kappa shape index (κ2) is 12.0. The molecule has 6 heteroatoms. The molecule has 200 valence electrons. The number of para-hydroxylation sites is 1. The molecule has 0 aromatic heterocycles. The lowest BCUT2D eigenvalue weighted by atomic mass is 9.74. The Kier molecular flexibility index (Phi) is 8.30. The maximum Gasteiger partial charge on any atom is 0.293 e. The van der Waals surface area contributed by atoms with Crippen LogP contribution in [0.4, 0.5) is 5.69 Å². The third-order valence-corrected chi connectivity index (χ3v) is 7.99. The van der Waals surface area contributed by atoms with Crippen molar-refractivity contribution in [3.63, 3.8) is 0 Å². The summed E-state index contributed by atoms with van der Waals surface area (Å²) in [6.45, 7) is 6.94. The fraction of sp³-hybridized carbons (Fsp3) is 0.406. The van der Waals surface area contributed by atoms with E-state index in [1.807, 2.05) is 31.2 Å². The number of ether oxygens (including phenoxy) is 3. The summed E-state index contributed by atoms with van der Waals surface area (Å²) < 4.78 is 17.1. The van der Waals surface area contributed by atoms with Crippen molar-refractivity contribution in [1.29, 1.82) is 0 Å². The summed E-state index contributed by atoms with van der Waals surface area (Å²) in [6.07, 6.45) is 4.77. The predicted molar refractivity (Wildman–Crippen MR) is 150 cm³/mol. The Balaban J connectivity index is 1.41. The van der Waals surface area contributed by atoms with Crippen molar-refractivity contribution in [2.75, 3.05) is 31.2 Å². The molecule has 1 spiro atoms. The monoisotopic (exact) mass is 514 g/mol. The molecule has 0 radical (unpaired) electrons. The van der Waals surface area contributed by atoms with Gasteiger partial charge >= 0.3 is 0 Å². The Bertz CT molecular complexity index is 1230. The minimum Gasteiger partial charge on any atom is -0.488 e. The third-order valence-electron chi connectivity index (χ3n) is 7.99. The van der Waals surface area contributed by atoms with E-state index in [9.17, 15) is 4.79 Å². The van der Waals surface area contributed by atoms with Gasteiger partial charge in [-0.1, -0.05) is 36.4 Å². The van der Waals surface area contributed by atoms with Crippen molar-refractivity contribution in [2.24, 2.45) is 11.1 Å². The Labute approximate surface area is 225 Å². The van der Waals surface area contributed by atoms with Gasteiger partial charge < -0.3 is 24.8 Å². The number of nitrogens with two attached hydrogens (primary N) is 1. The van der Waals surface area contributed by atoms with Crippen LogP contribution in [-0.4, -0.2) is 32.8 Å². The molecule has 2 heterocycles. The fourth-order valence-electron chi connectivity index (χ4n) is 5.70. The van der Waals surface area contributed by atoms with E-state index in [0.717, 1.165) is 72.7 Å². The van der Waals surface area contributed by atoms with Gasteiger partial charge in [-0.2, -0.15) is 0 Å². The number of anilines is 1. The van der Waals surface area contributed by atoms with E-state index < -0.39 is 0 Å². The Morgan fingerprint density at radius 1 is 1.00 bits per heavy atom. The van der Waals surface area contributed by atoms with E-state index in [1.165, 1.54) is 18.5 Å². The molecule has 38 heavy (non-hydrogen) atoms. The van der Waals surface area contributed by atoms with Gasteiger partial charge in [0.2, 0.25) is 0 Å². The van der Waals surface area contributed by atoms with Gasteiger partial charge in [0.15, 0.2) is 0 Å². The number of benzene rings is 3. The summed E-state index contributed by atoms with van der Waals surface area (Å²) in [6, 6.07) is 22.9. The van der Waals surface area contributed by atoms with Gasteiger partial charge in [0.1, 0.15) is 19.0 Å². The highest BCUT2D eigenvalue weighted by atomic mass is 16.5. The lowest BCUT2D eigenvalue weighted by molar-refractivity contribution is -0.129. The van der Waals surface area contributed by atoms with Gasteiger partial charge in [-0.25, -0.2) is 0 Å². The Hall–Kier alpha value is -3.35. The third kappa shape index (κ3) is 6.20. The maximum absolute atomic E-state index is 10.7. The second-order valence-electron chi connectivity index (χ2n) is 10.7. The van der Waals surface area contributed by atoms with Gasteiger partial charge in [-0.3, -0.25) is 4.79 Å². The van der Waals surface area contributed by atoms with Crippen LogP contribution < -0.4 is 15.4 Å². The van der Waals surface area contributed by atoms with Crippen molar-refractivity contribution >= 4 is 12.2 Å². The topological polar surface area (TPSA) is 74.0 Å². The molecule has 2 aliphatic heterocycles. The normalized spacial score (nSPS) is 17.7. The van der Waals surface area contributed by atoms with Crippen LogP contribution >= 0.6 is 0 Å². The first-order chi connectivity index (χ1) is 18.5. The molecular formula is C32H38N2O4. The van der Waals surface area contributed by atoms with Crippen LogP contribution in [0.5, 0.6) is 5.75 Å². The lowest BCUT2D eigenvalue weighted by Crippen LogP contribution is -2.44. The zero-order chi connectivity index (χ0) is 26.4. The van der Waals surface area contributed by atoms with Crippen LogP contribution in [0.1, 0.15) is 55.3 Å². The molecule has 0 amide bonds. The molecule has 3 aromatic rings. The number of hydrogen-bond acceptors (Lipinski definition) is 6. The number of nitrogens with zero attached hydrogens (tertiary/aromatic N) is 1. The average molecular weight is 515 g/mol. The average Bonchev–Trinajstić information content (AvgIpc) is 2.96. The lowest BCUT2D eigenvalue weighted by Gasteiger charge is -2.44. The summed E-state index contributed by atoms with van der Waals surface area (Å²) in [5.74, 6) is 0.720. The molecule has 0 aliphatic carbocycles. The number of hydrogen-bond donors (Lipinski definition) is 1. The fourth-order valence-corrected chi connectivity index (χ4v) is 5.70. The quantitative estimate of drug-likeness (QED) is 0.352. The van der Waals surface area contributed by atoms with Gasteiger partial charge in [0.05, 0.1) is 6.61 Å². The molecule has 2 N–H and O–H groups in total. The Morgan fingerprint density at radius 3 is 2.61 bits per heavy atom. The van der Waals surface area contributed by atoms with E-state index in [4.69, 9.17) is 19.9 Å². The largest absolute Gasteiger partial charge is 0.488 e. The zero-order valence-electron chi connectivity index (χ0n) is 22.2. The van der Waals surface area contributed by atoms with E-state index >= 15 is 0 Å². The standard InChI is InChI=1S/C32H38N2O4/c1-24(33)26-7-4-8-27(18-26)29-16-25(20-38-31-9-3-2-6-28(31)21-37-23-35)17-30(19-29)34-13-11-32(12-14-34)10-5-15-36-22-32/h2-4,6-9,16-19,23-24H,5,10-15,20-22,33H2,1H3/t24-/m0/s1. The molecule has 0 saturated carbocycles. The minimum atomic E-state index is -0.0259. The SMILES string of the molecule is C[C@H](N)c1cccc(-c2cc(COc3ccccc3COC=O)cc(N3CCC4(CCCOC4)CC3)c2)c1. The van der Waals surface area contributed by atoms with E-state index in [2.05, 4.69) is 47.4 Å². The first kappa shape index (κ1) is 26.3. The molecule has 1 atom stereocenters. The maximum atomic E-state index is 10.7. The molecule has 2 fully saturated rings. The van der Waals surface area contributed by atoms with Gasteiger partial charge in [-0.05, 0) is 90.6 Å². The predicted octanol–water partition coefficient (Wildman–Crippen LogP) is 6.02. The summed E-state index contributed by atoms with van der Waals surface area (Å²) in [7, 11) is 0. The van der Waals surface area contributed by atoms with Crippen LogP contribution in [0.15, 0.2) is 66.7 Å². The van der Waals surface area contributed by atoms with Crippen molar-refractivity contribution in [2.45, 2.75) is 51.9 Å². The summed E-state index contributed by atoms with van der Waals surface area (Å²) >= 11 is 0. The first-order valence-corrected chi connectivity index (χ1v) is 13.6. The number of piperidine rings is 1. The van der Waals surface area contributed by atoms with Crippen molar-refractivity contribution in [3.8, 4) is 16.9 Å². The number of rotatable bonds is 9. The van der Waals surface area contributed by atoms with Gasteiger partial charge in [0.25, 0.3) is 6.47 Å². The highest BCUT2D eigenvalue weighted by Crippen LogP contribution is 2.40. The summed E-state index contributed by atoms with van der Waals surface area (Å²) in [5.41, 5.74) is 13.1. The molecular weight excluding hydrogens is 476 g/mol. The molecule has 3 aromatic carbocycles. The van der Waals surface area contributed by atoms with E-state index in [0.29, 0.717) is 18.5 Å². The summed E-state index contributed by atoms with van der Waals surface area (Å²) in [5, 5.41) is 0. The zero-order valence-corrected chi connectivity index (χ0v) is 22.2. The van der Waals surface area contributed by atoms with Crippen molar-refractivity contribution in [3.05, 3.63) is 83.4 Å².